The highest BCUT2D eigenvalue weighted by Crippen LogP contribution is 2.38. The summed E-state index contributed by atoms with van der Waals surface area (Å²) >= 11 is 0. The highest BCUT2D eigenvalue weighted by Gasteiger charge is 2.30. The molecule has 7 N–H and O–H groups in total. The molecule has 0 saturated carbocycles. The molecule has 0 spiro atoms. The topological polar surface area (TPSA) is 145 Å². The predicted octanol–water partition coefficient (Wildman–Crippen LogP) is 3.24. The van der Waals surface area contributed by atoms with Gasteiger partial charge in [-0.3, -0.25) is 4.79 Å². The van der Waals surface area contributed by atoms with E-state index in [0.29, 0.717) is 41.1 Å². The number of aliphatic hydroxyl groups excluding tert-OH is 2. The van der Waals surface area contributed by atoms with Crippen LogP contribution in [0.4, 0.5) is 11.4 Å². The second-order valence-electron chi connectivity index (χ2n) is 8.44. The standard InChI is InChI=1S/C27H27N3O5/c28-27(12-14-31,13-15-32)19-7-9-20(10-8-19)29-24(17-4-2-1-3-5-17)23-21-11-6-18(26(34)35)16-22(21)30-25(23)33/h1-11,16,29,31-32H,12-15,28H2,(H,30,33)(H,34,35)/b24-23-. The van der Waals surface area contributed by atoms with Crippen LogP contribution in [0, 0.1) is 0 Å². The summed E-state index contributed by atoms with van der Waals surface area (Å²) < 4.78 is 0. The molecule has 0 bridgehead atoms. The molecule has 0 saturated heterocycles. The third-order valence-corrected chi connectivity index (χ3v) is 6.17. The van der Waals surface area contributed by atoms with E-state index in [1.54, 1.807) is 6.07 Å². The molecule has 1 aliphatic heterocycles. The average molecular weight is 474 g/mol. The van der Waals surface area contributed by atoms with Crippen LogP contribution in [0.5, 0.6) is 0 Å². The number of nitrogens with two attached hydrogens (primary N) is 1. The van der Waals surface area contributed by atoms with E-state index in [1.165, 1.54) is 12.1 Å². The number of amides is 1. The Balaban J connectivity index is 1.76. The van der Waals surface area contributed by atoms with E-state index < -0.39 is 11.5 Å². The fraction of sp³-hybridized carbons (Fsp3) is 0.185. The zero-order valence-corrected chi connectivity index (χ0v) is 19.0. The Labute approximate surface area is 202 Å². The van der Waals surface area contributed by atoms with Gasteiger partial charge in [-0.15, -0.1) is 0 Å². The van der Waals surface area contributed by atoms with Crippen molar-refractivity contribution >= 4 is 34.5 Å². The molecule has 0 unspecified atom stereocenters. The molecule has 1 heterocycles. The van der Waals surface area contributed by atoms with Crippen LogP contribution in [-0.4, -0.2) is 40.4 Å². The van der Waals surface area contributed by atoms with E-state index in [2.05, 4.69) is 10.6 Å². The van der Waals surface area contributed by atoms with Crippen molar-refractivity contribution in [2.24, 2.45) is 5.73 Å². The SMILES string of the molecule is NC(CCO)(CCO)c1ccc(N/C(=C2\C(=O)Nc3cc(C(=O)O)ccc32)c2ccccc2)cc1. The van der Waals surface area contributed by atoms with Crippen molar-refractivity contribution in [3.63, 3.8) is 0 Å². The lowest BCUT2D eigenvalue weighted by molar-refractivity contribution is -0.110. The maximum Gasteiger partial charge on any atom is 0.335 e. The van der Waals surface area contributed by atoms with Gasteiger partial charge in [0, 0.05) is 30.0 Å². The Kier molecular flexibility index (Phi) is 6.97. The number of carbonyl (C=O) groups is 2. The monoisotopic (exact) mass is 473 g/mol. The molecule has 8 nitrogen and oxygen atoms in total. The number of carboxylic acids is 1. The van der Waals surface area contributed by atoms with Crippen LogP contribution in [0.1, 0.15) is 39.9 Å². The minimum absolute atomic E-state index is 0.0890. The molecule has 3 aromatic carbocycles. The van der Waals surface area contributed by atoms with E-state index in [0.717, 1.165) is 11.1 Å². The van der Waals surface area contributed by atoms with Gasteiger partial charge in [0.15, 0.2) is 0 Å². The molecule has 0 fully saturated rings. The van der Waals surface area contributed by atoms with Crippen LogP contribution in [-0.2, 0) is 10.3 Å². The third kappa shape index (κ3) is 4.95. The van der Waals surface area contributed by atoms with Gasteiger partial charge in [-0.25, -0.2) is 4.79 Å². The first kappa shape index (κ1) is 24.2. The van der Waals surface area contributed by atoms with E-state index in [1.807, 2.05) is 54.6 Å². The Morgan fingerprint density at radius 1 is 0.914 bits per heavy atom. The highest BCUT2D eigenvalue weighted by molar-refractivity contribution is 6.37. The van der Waals surface area contributed by atoms with E-state index in [-0.39, 0.29) is 24.7 Å². The number of hydrogen-bond donors (Lipinski definition) is 6. The van der Waals surface area contributed by atoms with Crippen LogP contribution in [0.25, 0.3) is 11.3 Å². The van der Waals surface area contributed by atoms with Crippen molar-refractivity contribution in [3.8, 4) is 0 Å². The van der Waals surface area contributed by atoms with Crippen molar-refractivity contribution in [2.75, 3.05) is 23.8 Å². The van der Waals surface area contributed by atoms with Crippen molar-refractivity contribution in [2.45, 2.75) is 18.4 Å². The van der Waals surface area contributed by atoms with Gasteiger partial charge >= 0.3 is 5.97 Å². The quantitative estimate of drug-likeness (QED) is 0.262. The van der Waals surface area contributed by atoms with Gasteiger partial charge in [0.2, 0.25) is 0 Å². The lowest BCUT2D eigenvalue weighted by Gasteiger charge is -2.29. The Morgan fingerprint density at radius 3 is 2.17 bits per heavy atom. The van der Waals surface area contributed by atoms with Crippen LogP contribution >= 0.6 is 0 Å². The number of rotatable bonds is 9. The molecule has 0 atom stereocenters. The Bertz CT molecular complexity index is 1260. The fourth-order valence-corrected chi connectivity index (χ4v) is 4.28. The first-order valence-corrected chi connectivity index (χ1v) is 11.2. The molecule has 35 heavy (non-hydrogen) atoms. The zero-order valence-electron chi connectivity index (χ0n) is 19.0. The van der Waals surface area contributed by atoms with Crippen molar-refractivity contribution in [3.05, 3.63) is 95.1 Å². The van der Waals surface area contributed by atoms with Crippen molar-refractivity contribution < 1.29 is 24.9 Å². The maximum atomic E-state index is 13.0. The molecule has 180 valence electrons. The van der Waals surface area contributed by atoms with Gasteiger partial charge in [0.25, 0.3) is 5.91 Å². The minimum Gasteiger partial charge on any atom is -0.478 e. The Morgan fingerprint density at radius 2 is 1.57 bits per heavy atom. The van der Waals surface area contributed by atoms with Crippen LogP contribution in [0.15, 0.2) is 72.8 Å². The predicted molar refractivity (Wildman–Crippen MR) is 135 cm³/mol. The number of aliphatic hydroxyl groups is 2. The first-order chi connectivity index (χ1) is 16.9. The average Bonchev–Trinajstić information content (AvgIpc) is 3.18. The number of benzene rings is 3. The van der Waals surface area contributed by atoms with Gasteiger partial charge < -0.3 is 31.7 Å². The minimum atomic E-state index is -1.07. The normalized spacial score (nSPS) is 14.3. The molecule has 0 radical (unpaired) electrons. The molecule has 0 aliphatic carbocycles. The molecule has 1 aliphatic rings. The molecular formula is C27H27N3O5. The van der Waals surface area contributed by atoms with Crippen molar-refractivity contribution in [1.82, 2.24) is 0 Å². The molecule has 4 rings (SSSR count). The number of nitrogens with one attached hydrogen (secondary N) is 2. The fourth-order valence-electron chi connectivity index (χ4n) is 4.28. The molecular weight excluding hydrogens is 446 g/mol. The molecule has 1 amide bonds. The van der Waals surface area contributed by atoms with Gasteiger partial charge in [-0.1, -0.05) is 48.5 Å². The number of anilines is 2. The van der Waals surface area contributed by atoms with Gasteiger partial charge in [-0.2, -0.15) is 0 Å². The summed E-state index contributed by atoms with van der Waals surface area (Å²) in [6.45, 7) is -0.197. The second-order valence-corrected chi connectivity index (χ2v) is 8.44. The summed E-state index contributed by atoms with van der Waals surface area (Å²) in [5.74, 6) is -1.41. The summed E-state index contributed by atoms with van der Waals surface area (Å²) in [4.78, 5) is 24.4. The summed E-state index contributed by atoms with van der Waals surface area (Å²) in [6.07, 6.45) is 0.629. The van der Waals surface area contributed by atoms with Crippen molar-refractivity contribution in [1.29, 1.82) is 0 Å². The van der Waals surface area contributed by atoms with Gasteiger partial charge in [-0.05, 0) is 48.2 Å². The number of hydrogen-bond acceptors (Lipinski definition) is 6. The van der Waals surface area contributed by atoms with E-state index >= 15 is 0 Å². The number of fused-ring (bicyclic) bond motifs is 1. The Hall–Kier alpha value is -3.98. The van der Waals surface area contributed by atoms with Crippen LogP contribution < -0.4 is 16.4 Å². The van der Waals surface area contributed by atoms with Crippen LogP contribution in [0.2, 0.25) is 0 Å². The van der Waals surface area contributed by atoms with Gasteiger partial charge in [0.05, 0.1) is 22.5 Å². The molecule has 3 aromatic rings. The lowest BCUT2D eigenvalue weighted by atomic mass is 9.85. The zero-order chi connectivity index (χ0) is 25.0. The molecule has 8 heteroatoms. The number of aromatic carboxylic acids is 1. The van der Waals surface area contributed by atoms with Crippen LogP contribution in [0.3, 0.4) is 0 Å². The number of carbonyl (C=O) groups excluding carboxylic acids is 1. The summed E-state index contributed by atoms with van der Waals surface area (Å²) in [5.41, 5.74) is 9.97. The second kappa shape index (κ2) is 10.1. The first-order valence-electron chi connectivity index (χ1n) is 11.2. The summed E-state index contributed by atoms with van der Waals surface area (Å²) in [6, 6.07) is 21.3. The van der Waals surface area contributed by atoms with Gasteiger partial charge in [0.1, 0.15) is 0 Å². The lowest BCUT2D eigenvalue weighted by Crippen LogP contribution is -2.38. The summed E-state index contributed by atoms with van der Waals surface area (Å²) in [7, 11) is 0. The largest absolute Gasteiger partial charge is 0.478 e. The molecule has 0 aromatic heterocycles. The third-order valence-electron chi connectivity index (χ3n) is 6.17. The number of carboxylic acid groups (broad SMARTS) is 1. The van der Waals surface area contributed by atoms with E-state index in [4.69, 9.17) is 5.73 Å². The maximum absolute atomic E-state index is 13.0. The van der Waals surface area contributed by atoms with E-state index in [9.17, 15) is 24.9 Å². The highest BCUT2D eigenvalue weighted by atomic mass is 16.4. The smallest absolute Gasteiger partial charge is 0.335 e. The summed E-state index contributed by atoms with van der Waals surface area (Å²) in [5, 5.41) is 34.3.